The molecule has 0 aliphatic carbocycles. The Morgan fingerprint density at radius 2 is 2.10 bits per heavy atom. The van der Waals surface area contributed by atoms with Crippen LogP contribution in [0.15, 0.2) is 23.1 Å². The molecule has 6 nitrogen and oxygen atoms in total. The maximum Gasteiger partial charge on any atom is 0.243 e. The molecule has 21 heavy (non-hydrogen) atoms. The summed E-state index contributed by atoms with van der Waals surface area (Å²) < 4.78 is 40.3. The Morgan fingerprint density at radius 3 is 2.62 bits per heavy atom. The van der Waals surface area contributed by atoms with Gasteiger partial charge in [0.1, 0.15) is 10.7 Å². The molecule has 0 fully saturated rings. The summed E-state index contributed by atoms with van der Waals surface area (Å²) in [4.78, 5) is 10.4. The Balaban J connectivity index is 2.90. The second kappa shape index (κ2) is 7.48. The fourth-order valence-corrected chi connectivity index (χ4v) is 3.12. The van der Waals surface area contributed by atoms with Crippen LogP contribution in [0, 0.1) is 5.82 Å². The number of hydrogen-bond acceptors (Lipinski definition) is 4. The summed E-state index contributed by atoms with van der Waals surface area (Å²) in [7, 11) is -3.99. The van der Waals surface area contributed by atoms with E-state index in [1.807, 2.05) is 0 Å². The highest BCUT2D eigenvalue weighted by Crippen LogP contribution is 2.19. The minimum Gasteiger partial charge on any atom is -0.396 e. The summed E-state index contributed by atoms with van der Waals surface area (Å²) in [6.07, 6.45) is 0.898. The van der Waals surface area contributed by atoms with Crippen LogP contribution in [-0.2, 0) is 14.8 Å². The first kappa shape index (κ1) is 17.5. The van der Waals surface area contributed by atoms with Crippen molar-refractivity contribution in [3.8, 4) is 0 Å². The quantitative estimate of drug-likeness (QED) is 0.704. The third kappa shape index (κ3) is 5.41. The van der Waals surface area contributed by atoms with Crippen molar-refractivity contribution in [2.75, 3.05) is 11.9 Å². The Morgan fingerprint density at radius 1 is 1.43 bits per heavy atom. The molecule has 0 bridgehead atoms. The van der Waals surface area contributed by atoms with Crippen molar-refractivity contribution >= 4 is 21.6 Å². The zero-order valence-corrected chi connectivity index (χ0v) is 12.7. The molecule has 1 aromatic carbocycles. The number of aliphatic hydroxyl groups is 1. The molecule has 1 atom stereocenters. The average molecular weight is 318 g/mol. The van der Waals surface area contributed by atoms with Gasteiger partial charge in [-0.15, -0.1) is 0 Å². The number of anilines is 1. The molecule has 0 aliphatic heterocycles. The van der Waals surface area contributed by atoms with Crippen LogP contribution >= 0.6 is 0 Å². The summed E-state index contributed by atoms with van der Waals surface area (Å²) in [6.45, 7) is 2.87. The number of hydrogen-bond donors (Lipinski definition) is 3. The van der Waals surface area contributed by atoms with E-state index >= 15 is 0 Å². The topological polar surface area (TPSA) is 95.5 Å². The van der Waals surface area contributed by atoms with E-state index in [0.29, 0.717) is 12.8 Å². The van der Waals surface area contributed by atoms with Gasteiger partial charge in [0.2, 0.25) is 15.9 Å². The van der Waals surface area contributed by atoms with Gasteiger partial charge >= 0.3 is 0 Å². The van der Waals surface area contributed by atoms with Gasteiger partial charge in [0, 0.05) is 25.3 Å². The van der Waals surface area contributed by atoms with Gasteiger partial charge in [-0.05, 0) is 38.0 Å². The van der Waals surface area contributed by atoms with Crippen molar-refractivity contribution in [2.24, 2.45) is 0 Å². The maximum absolute atomic E-state index is 13.9. The smallest absolute Gasteiger partial charge is 0.243 e. The molecule has 0 saturated heterocycles. The molecule has 0 radical (unpaired) electrons. The van der Waals surface area contributed by atoms with E-state index in [1.165, 1.54) is 13.0 Å². The second-order valence-corrected chi connectivity index (χ2v) is 6.40. The number of carbonyl (C=O) groups excluding carboxylic acids is 1. The number of aliphatic hydroxyl groups excluding tert-OH is 1. The highest BCUT2D eigenvalue weighted by molar-refractivity contribution is 7.89. The fourth-order valence-electron chi connectivity index (χ4n) is 1.78. The number of halogens is 1. The monoisotopic (exact) mass is 318 g/mol. The lowest BCUT2D eigenvalue weighted by molar-refractivity contribution is -0.114. The van der Waals surface area contributed by atoms with Crippen LogP contribution in [0.1, 0.15) is 26.7 Å². The van der Waals surface area contributed by atoms with Crippen LogP contribution in [0.25, 0.3) is 0 Å². The summed E-state index contributed by atoms with van der Waals surface area (Å²) in [5, 5.41) is 11.1. The van der Waals surface area contributed by atoms with Crippen molar-refractivity contribution in [3.05, 3.63) is 24.0 Å². The van der Waals surface area contributed by atoms with Crippen molar-refractivity contribution in [1.82, 2.24) is 4.72 Å². The van der Waals surface area contributed by atoms with E-state index in [4.69, 9.17) is 5.11 Å². The maximum atomic E-state index is 13.9. The van der Waals surface area contributed by atoms with Gasteiger partial charge in [0.25, 0.3) is 0 Å². The first-order valence-electron chi connectivity index (χ1n) is 6.46. The lowest BCUT2D eigenvalue weighted by atomic mass is 10.2. The van der Waals surface area contributed by atoms with Crippen LogP contribution in [0.4, 0.5) is 10.1 Å². The van der Waals surface area contributed by atoms with Gasteiger partial charge in [-0.25, -0.2) is 17.5 Å². The third-order valence-electron chi connectivity index (χ3n) is 2.69. The zero-order valence-electron chi connectivity index (χ0n) is 11.9. The van der Waals surface area contributed by atoms with Crippen molar-refractivity contribution in [1.29, 1.82) is 0 Å². The number of carbonyl (C=O) groups is 1. The summed E-state index contributed by atoms with van der Waals surface area (Å²) >= 11 is 0. The Kier molecular flexibility index (Phi) is 6.25. The Bertz CT molecular complexity index is 604. The predicted molar refractivity (Wildman–Crippen MR) is 76.8 cm³/mol. The van der Waals surface area contributed by atoms with E-state index in [0.717, 1.165) is 12.1 Å². The largest absolute Gasteiger partial charge is 0.396 e. The number of sulfonamides is 1. The number of amides is 1. The molecule has 0 spiro atoms. The van der Waals surface area contributed by atoms with Gasteiger partial charge in [-0.2, -0.15) is 0 Å². The van der Waals surface area contributed by atoms with Crippen LogP contribution < -0.4 is 10.0 Å². The van der Waals surface area contributed by atoms with Gasteiger partial charge < -0.3 is 10.4 Å². The van der Waals surface area contributed by atoms with Crippen LogP contribution in [0.3, 0.4) is 0 Å². The van der Waals surface area contributed by atoms with Crippen LogP contribution in [-0.4, -0.2) is 32.1 Å². The Labute approximate surface area is 123 Å². The molecular weight excluding hydrogens is 299 g/mol. The van der Waals surface area contributed by atoms with Crippen molar-refractivity contribution in [3.63, 3.8) is 0 Å². The molecular formula is C13H19FN2O4S. The third-order valence-corrected chi connectivity index (χ3v) is 4.32. The highest BCUT2D eigenvalue weighted by atomic mass is 32.2. The molecule has 1 unspecified atom stereocenters. The van der Waals surface area contributed by atoms with Gasteiger partial charge in [0.05, 0.1) is 0 Å². The van der Waals surface area contributed by atoms with Gasteiger partial charge in [-0.1, -0.05) is 0 Å². The fraction of sp³-hybridized carbons (Fsp3) is 0.462. The second-order valence-electron chi connectivity index (χ2n) is 4.71. The van der Waals surface area contributed by atoms with E-state index in [9.17, 15) is 17.6 Å². The molecule has 3 N–H and O–H groups in total. The standard InChI is InChI=1S/C13H19FN2O4S/c1-9(4-3-7-17)16-21(19,20)13-6-5-11(8-12(13)14)15-10(2)18/h5-6,8-9,16-17H,3-4,7H2,1-2H3,(H,15,18). The first-order chi connectivity index (χ1) is 9.76. The summed E-state index contributed by atoms with van der Waals surface area (Å²) in [5.74, 6) is -1.32. The van der Waals surface area contributed by atoms with E-state index < -0.39 is 26.8 Å². The van der Waals surface area contributed by atoms with Crippen molar-refractivity contribution in [2.45, 2.75) is 37.6 Å². The molecule has 1 rings (SSSR count). The molecule has 0 aromatic heterocycles. The molecule has 0 aliphatic rings. The van der Waals surface area contributed by atoms with Crippen molar-refractivity contribution < 1.29 is 22.7 Å². The van der Waals surface area contributed by atoms with Gasteiger partial charge in [0.15, 0.2) is 0 Å². The zero-order chi connectivity index (χ0) is 16.0. The predicted octanol–water partition coefficient (Wildman–Crippen LogP) is 1.22. The number of benzene rings is 1. The molecule has 118 valence electrons. The summed E-state index contributed by atoms with van der Waals surface area (Å²) in [6, 6.07) is 2.95. The first-order valence-corrected chi connectivity index (χ1v) is 7.95. The molecule has 1 amide bonds. The SMILES string of the molecule is CC(=O)Nc1ccc(S(=O)(=O)NC(C)CCCO)c(F)c1. The van der Waals surface area contributed by atoms with Gasteiger partial charge in [-0.3, -0.25) is 4.79 Å². The average Bonchev–Trinajstić information content (AvgIpc) is 2.34. The summed E-state index contributed by atoms with van der Waals surface area (Å²) in [5.41, 5.74) is 0.187. The van der Waals surface area contributed by atoms with E-state index in [1.54, 1.807) is 6.92 Å². The minimum atomic E-state index is -3.99. The van der Waals surface area contributed by atoms with E-state index in [2.05, 4.69) is 10.0 Å². The molecule has 0 saturated carbocycles. The molecule has 0 heterocycles. The van der Waals surface area contributed by atoms with Crippen LogP contribution in [0.2, 0.25) is 0 Å². The Hall–Kier alpha value is -1.51. The lowest BCUT2D eigenvalue weighted by Gasteiger charge is -2.14. The number of rotatable bonds is 7. The number of nitrogens with one attached hydrogen (secondary N) is 2. The molecule has 1 aromatic rings. The lowest BCUT2D eigenvalue weighted by Crippen LogP contribution is -2.33. The van der Waals surface area contributed by atoms with E-state index in [-0.39, 0.29) is 18.2 Å². The van der Waals surface area contributed by atoms with Crippen LogP contribution in [0.5, 0.6) is 0 Å². The highest BCUT2D eigenvalue weighted by Gasteiger charge is 2.21. The molecule has 8 heteroatoms. The normalized spacial score (nSPS) is 13.0. The minimum absolute atomic E-state index is 0.0359.